The fourth-order valence-electron chi connectivity index (χ4n) is 2.57. The van der Waals surface area contributed by atoms with Gasteiger partial charge in [0.05, 0.1) is 17.5 Å². The standard InChI is InChI=1S/C18H17ClN2O2/c1-12(2)21(16-4-3-7-20-10-16)18(22)14-8-13-9-15(19)5-6-17(13)23-11-14/h3-10,12H,11H2,1-2H3. The number of carbonyl (C=O) groups excluding carboxylic acids is 1. The predicted molar refractivity (Wildman–Crippen MR) is 91.8 cm³/mol. The molecule has 0 atom stereocenters. The smallest absolute Gasteiger partial charge is 0.257 e. The molecule has 0 unspecified atom stereocenters. The number of ether oxygens (including phenoxy) is 1. The molecule has 0 radical (unpaired) electrons. The molecule has 0 bridgehead atoms. The maximum absolute atomic E-state index is 13.0. The number of aromatic nitrogens is 1. The first-order chi connectivity index (χ1) is 11.1. The summed E-state index contributed by atoms with van der Waals surface area (Å²) in [6.07, 6.45) is 5.22. The third-order valence-corrected chi connectivity index (χ3v) is 3.85. The van der Waals surface area contributed by atoms with E-state index < -0.39 is 0 Å². The molecule has 1 amide bonds. The molecule has 0 N–H and O–H groups in total. The molecule has 23 heavy (non-hydrogen) atoms. The molecule has 0 aliphatic carbocycles. The largest absolute Gasteiger partial charge is 0.488 e. The molecule has 4 nitrogen and oxygen atoms in total. The van der Waals surface area contributed by atoms with Crippen LogP contribution < -0.4 is 9.64 Å². The minimum absolute atomic E-state index is 0.00774. The van der Waals surface area contributed by atoms with Crippen LogP contribution in [0.3, 0.4) is 0 Å². The fourth-order valence-corrected chi connectivity index (χ4v) is 2.75. The highest BCUT2D eigenvalue weighted by atomic mass is 35.5. The Bertz CT molecular complexity index is 757. The van der Waals surface area contributed by atoms with E-state index in [1.807, 2.05) is 38.1 Å². The van der Waals surface area contributed by atoms with Crippen molar-refractivity contribution in [2.45, 2.75) is 19.9 Å². The quantitative estimate of drug-likeness (QED) is 0.856. The number of halogens is 1. The summed E-state index contributed by atoms with van der Waals surface area (Å²) in [7, 11) is 0. The molecular formula is C18H17ClN2O2. The van der Waals surface area contributed by atoms with Crippen molar-refractivity contribution in [3.8, 4) is 5.75 Å². The van der Waals surface area contributed by atoms with Crippen LogP contribution in [-0.4, -0.2) is 23.5 Å². The summed E-state index contributed by atoms with van der Waals surface area (Å²) in [4.78, 5) is 18.8. The van der Waals surface area contributed by atoms with E-state index in [1.54, 1.807) is 29.4 Å². The maximum Gasteiger partial charge on any atom is 0.257 e. The molecule has 1 aromatic heterocycles. The highest BCUT2D eigenvalue weighted by Gasteiger charge is 2.25. The van der Waals surface area contributed by atoms with E-state index in [-0.39, 0.29) is 18.6 Å². The van der Waals surface area contributed by atoms with Crippen molar-refractivity contribution in [3.05, 3.63) is 58.9 Å². The van der Waals surface area contributed by atoms with E-state index in [1.165, 1.54) is 0 Å². The van der Waals surface area contributed by atoms with Crippen molar-refractivity contribution >= 4 is 29.3 Å². The second kappa shape index (κ2) is 6.42. The van der Waals surface area contributed by atoms with Gasteiger partial charge in [-0.1, -0.05) is 11.6 Å². The highest BCUT2D eigenvalue weighted by molar-refractivity contribution is 6.30. The molecular weight excluding hydrogens is 312 g/mol. The predicted octanol–water partition coefficient (Wildman–Crippen LogP) is 3.95. The number of carbonyl (C=O) groups is 1. The lowest BCUT2D eigenvalue weighted by molar-refractivity contribution is -0.115. The number of rotatable bonds is 3. The van der Waals surface area contributed by atoms with Gasteiger partial charge in [-0.3, -0.25) is 9.78 Å². The van der Waals surface area contributed by atoms with Crippen LogP contribution >= 0.6 is 11.6 Å². The van der Waals surface area contributed by atoms with Crippen LogP contribution in [0.25, 0.3) is 6.08 Å². The van der Waals surface area contributed by atoms with Crippen LogP contribution in [0, 0.1) is 0 Å². The lowest BCUT2D eigenvalue weighted by Gasteiger charge is -2.29. The molecule has 1 aromatic carbocycles. The number of pyridine rings is 1. The molecule has 5 heteroatoms. The van der Waals surface area contributed by atoms with Crippen molar-refractivity contribution < 1.29 is 9.53 Å². The number of amides is 1. The SMILES string of the molecule is CC(C)N(C(=O)C1=Cc2cc(Cl)ccc2OC1)c1cccnc1. The zero-order valence-electron chi connectivity index (χ0n) is 13.0. The van der Waals surface area contributed by atoms with E-state index >= 15 is 0 Å². The Balaban J connectivity index is 1.95. The van der Waals surface area contributed by atoms with Gasteiger partial charge in [0, 0.05) is 22.8 Å². The third-order valence-electron chi connectivity index (χ3n) is 3.62. The van der Waals surface area contributed by atoms with Crippen molar-refractivity contribution in [1.82, 2.24) is 4.98 Å². The summed E-state index contributed by atoms with van der Waals surface area (Å²) < 4.78 is 5.69. The zero-order chi connectivity index (χ0) is 16.4. The minimum Gasteiger partial charge on any atom is -0.488 e. The van der Waals surface area contributed by atoms with Gasteiger partial charge in [0.15, 0.2) is 0 Å². The lowest BCUT2D eigenvalue weighted by Crippen LogP contribution is -2.39. The molecule has 1 aliphatic heterocycles. The number of benzene rings is 1. The van der Waals surface area contributed by atoms with Crippen molar-refractivity contribution in [1.29, 1.82) is 0 Å². The van der Waals surface area contributed by atoms with Gasteiger partial charge in [0.1, 0.15) is 12.4 Å². The minimum atomic E-state index is -0.0846. The molecule has 0 saturated carbocycles. The normalized spacial score (nSPS) is 13.1. The Hall–Kier alpha value is -2.33. The number of anilines is 1. The average molecular weight is 329 g/mol. The Kier molecular flexibility index (Phi) is 4.35. The average Bonchev–Trinajstić information content (AvgIpc) is 2.55. The van der Waals surface area contributed by atoms with Gasteiger partial charge in [-0.25, -0.2) is 0 Å². The summed E-state index contributed by atoms with van der Waals surface area (Å²) >= 11 is 6.02. The second-order valence-corrected chi connectivity index (χ2v) is 6.06. The van der Waals surface area contributed by atoms with Crippen LogP contribution in [0.4, 0.5) is 5.69 Å². The van der Waals surface area contributed by atoms with Crippen LogP contribution in [0.2, 0.25) is 5.02 Å². The highest BCUT2D eigenvalue weighted by Crippen LogP contribution is 2.30. The van der Waals surface area contributed by atoms with Crippen molar-refractivity contribution in [3.63, 3.8) is 0 Å². The fraction of sp³-hybridized carbons (Fsp3) is 0.222. The monoisotopic (exact) mass is 328 g/mol. The van der Waals surface area contributed by atoms with Crippen molar-refractivity contribution in [2.75, 3.05) is 11.5 Å². The lowest BCUT2D eigenvalue weighted by atomic mass is 10.1. The van der Waals surface area contributed by atoms with E-state index in [0.717, 1.165) is 17.0 Å². The zero-order valence-corrected chi connectivity index (χ0v) is 13.7. The van der Waals surface area contributed by atoms with Crippen LogP contribution in [-0.2, 0) is 4.79 Å². The molecule has 118 valence electrons. The first-order valence-corrected chi connectivity index (χ1v) is 7.80. The van der Waals surface area contributed by atoms with Gasteiger partial charge < -0.3 is 9.64 Å². The third kappa shape index (κ3) is 3.22. The van der Waals surface area contributed by atoms with Gasteiger partial charge in [-0.15, -0.1) is 0 Å². The maximum atomic E-state index is 13.0. The van der Waals surface area contributed by atoms with E-state index in [2.05, 4.69) is 4.98 Å². The first-order valence-electron chi connectivity index (χ1n) is 7.43. The summed E-state index contributed by atoms with van der Waals surface area (Å²) in [6, 6.07) is 9.09. The van der Waals surface area contributed by atoms with Gasteiger partial charge in [-0.05, 0) is 50.3 Å². The van der Waals surface area contributed by atoms with Crippen LogP contribution in [0.5, 0.6) is 5.75 Å². The molecule has 2 heterocycles. The topological polar surface area (TPSA) is 42.4 Å². The number of nitrogens with zero attached hydrogens (tertiary/aromatic N) is 2. The number of hydrogen-bond acceptors (Lipinski definition) is 3. The summed E-state index contributed by atoms with van der Waals surface area (Å²) in [5.41, 5.74) is 2.18. The molecule has 0 spiro atoms. The molecule has 0 saturated heterocycles. The summed E-state index contributed by atoms with van der Waals surface area (Å²) in [5.74, 6) is 0.655. The van der Waals surface area contributed by atoms with Crippen LogP contribution in [0.15, 0.2) is 48.3 Å². The Morgan fingerprint density at radius 2 is 2.17 bits per heavy atom. The van der Waals surface area contributed by atoms with E-state index in [4.69, 9.17) is 16.3 Å². The van der Waals surface area contributed by atoms with Gasteiger partial charge in [0.2, 0.25) is 0 Å². The number of hydrogen-bond donors (Lipinski definition) is 0. The Morgan fingerprint density at radius 1 is 1.35 bits per heavy atom. The van der Waals surface area contributed by atoms with Crippen LogP contribution in [0.1, 0.15) is 19.4 Å². The van der Waals surface area contributed by atoms with Gasteiger partial charge >= 0.3 is 0 Å². The molecule has 3 rings (SSSR count). The van der Waals surface area contributed by atoms with Gasteiger partial charge in [-0.2, -0.15) is 0 Å². The number of fused-ring (bicyclic) bond motifs is 1. The molecule has 2 aromatic rings. The Morgan fingerprint density at radius 3 is 2.87 bits per heavy atom. The summed E-state index contributed by atoms with van der Waals surface area (Å²) in [5, 5.41) is 0.616. The second-order valence-electron chi connectivity index (χ2n) is 5.62. The van der Waals surface area contributed by atoms with Crippen molar-refractivity contribution in [2.24, 2.45) is 0 Å². The molecule has 0 fully saturated rings. The van der Waals surface area contributed by atoms with E-state index in [9.17, 15) is 4.79 Å². The Labute approximate surface area is 140 Å². The molecule has 1 aliphatic rings. The summed E-state index contributed by atoms with van der Waals surface area (Å²) in [6.45, 7) is 4.19. The van der Waals surface area contributed by atoms with E-state index in [0.29, 0.717) is 10.6 Å². The first kappa shape index (κ1) is 15.6. The van der Waals surface area contributed by atoms with Gasteiger partial charge in [0.25, 0.3) is 5.91 Å².